The van der Waals surface area contributed by atoms with Gasteiger partial charge in [0, 0.05) is 32.2 Å². The monoisotopic (exact) mass is 349 g/mol. The standard InChI is InChI=1S/C17H27N5O3/c1-2-18-17(19-8-5-9-21-10-12-25-13-11-21)20-14-15-6-3-4-7-16(15)22(23)24/h3-4,6-7H,2,5,8-14H2,1H3,(H2,18,19,20). The van der Waals surface area contributed by atoms with Crippen LogP contribution < -0.4 is 10.6 Å². The van der Waals surface area contributed by atoms with E-state index in [1.807, 2.05) is 6.92 Å². The first kappa shape index (κ1) is 19.1. The number of nitrogens with zero attached hydrogens (tertiary/aromatic N) is 3. The van der Waals surface area contributed by atoms with Crippen molar-refractivity contribution in [2.24, 2.45) is 4.99 Å². The van der Waals surface area contributed by atoms with Crippen molar-refractivity contribution in [3.8, 4) is 0 Å². The van der Waals surface area contributed by atoms with E-state index in [9.17, 15) is 10.1 Å². The molecule has 25 heavy (non-hydrogen) atoms. The van der Waals surface area contributed by atoms with Crippen LogP contribution in [0.15, 0.2) is 29.3 Å². The number of morpholine rings is 1. The molecule has 1 aromatic carbocycles. The van der Waals surface area contributed by atoms with Crippen LogP contribution in [0.5, 0.6) is 0 Å². The summed E-state index contributed by atoms with van der Waals surface area (Å²) in [5, 5.41) is 17.5. The van der Waals surface area contributed by atoms with Gasteiger partial charge in [0.2, 0.25) is 0 Å². The Morgan fingerprint density at radius 1 is 1.32 bits per heavy atom. The van der Waals surface area contributed by atoms with E-state index < -0.39 is 0 Å². The number of hydrogen-bond donors (Lipinski definition) is 2. The summed E-state index contributed by atoms with van der Waals surface area (Å²) >= 11 is 0. The molecule has 0 aromatic heterocycles. The summed E-state index contributed by atoms with van der Waals surface area (Å²) in [7, 11) is 0. The van der Waals surface area contributed by atoms with Crippen LogP contribution in [0.3, 0.4) is 0 Å². The molecule has 0 saturated carbocycles. The van der Waals surface area contributed by atoms with Crippen molar-refractivity contribution in [2.75, 3.05) is 45.9 Å². The van der Waals surface area contributed by atoms with Gasteiger partial charge in [-0.2, -0.15) is 0 Å². The zero-order valence-electron chi connectivity index (χ0n) is 14.7. The first-order valence-electron chi connectivity index (χ1n) is 8.75. The molecule has 0 bridgehead atoms. The summed E-state index contributed by atoms with van der Waals surface area (Å²) < 4.78 is 5.34. The van der Waals surface area contributed by atoms with E-state index in [0.29, 0.717) is 11.5 Å². The van der Waals surface area contributed by atoms with Crippen LogP contribution in [0.4, 0.5) is 5.69 Å². The molecule has 1 aliphatic heterocycles. The highest BCUT2D eigenvalue weighted by Gasteiger charge is 2.12. The Balaban J connectivity index is 1.82. The molecular weight excluding hydrogens is 322 g/mol. The quantitative estimate of drug-likeness (QED) is 0.242. The van der Waals surface area contributed by atoms with Crippen molar-refractivity contribution >= 4 is 11.6 Å². The van der Waals surface area contributed by atoms with E-state index in [-0.39, 0.29) is 17.2 Å². The second-order valence-electron chi connectivity index (χ2n) is 5.82. The molecular formula is C17H27N5O3. The zero-order valence-corrected chi connectivity index (χ0v) is 14.7. The predicted molar refractivity (Wildman–Crippen MR) is 97.8 cm³/mol. The van der Waals surface area contributed by atoms with Crippen LogP contribution in [0.2, 0.25) is 0 Å². The number of nitrogens with one attached hydrogen (secondary N) is 2. The Morgan fingerprint density at radius 2 is 2.08 bits per heavy atom. The number of rotatable bonds is 8. The molecule has 0 spiro atoms. The van der Waals surface area contributed by atoms with Crippen molar-refractivity contribution in [3.05, 3.63) is 39.9 Å². The molecule has 1 aliphatic rings. The number of nitro groups is 1. The smallest absolute Gasteiger partial charge is 0.274 e. The maximum absolute atomic E-state index is 11.1. The second-order valence-corrected chi connectivity index (χ2v) is 5.82. The van der Waals surface area contributed by atoms with E-state index in [4.69, 9.17) is 4.74 Å². The molecule has 8 nitrogen and oxygen atoms in total. The molecule has 0 amide bonds. The lowest BCUT2D eigenvalue weighted by Gasteiger charge is -2.26. The highest BCUT2D eigenvalue weighted by molar-refractivity contribution is 5.79. The van der Waals surface area contributed by atoms with Gasteiger partial charge in [-0.05, 0) is 19.9 Å². The highest BCUT2D eigenvalue weighted by Crippen LogP contribution is 2.18. The molecule has 0 aliphatic carbocycles. The predicted octanol–water partition coefficient (Wildman–Crippen LogP) is 1.37. The third-order valence-electron chi connectivity index (χ3n) is 3.99. The molecule has 1 heterocycles. The molecule has 1 aromatic rings. The topological polar surface area (TPSA) is 92.0 Å². The number of aliphatic imine (C=N–C) groups is 1. The fourth-order valence-electron chi connectivity index (χ4n) is 2.66. The average molecular weight is 349 g/mol. The maximum Gasteiger partial charge on any atom is 0.274 e. The Hall–Kier alpha value is -2.19. The molecule has 0 unspecified atom stereocenters. The number of benzene rings is 1. The van der Waals surface area contributed by atoms with E-state index in [2.05, 4.69) is 20.5 Å². The first-order valence-corrected chi connectivity index (χ1v) is 8.75. The van der Waals surface area contributed by atoms with E-state index in [0.717, 1.165) is 52.4 Å². The molecule has 138 valence electrons. The summed E-state index contributed by atoms with van der Waals surface area (Å²) in [5.74, 6) is 0.683. The van der Waals surface area contributed by atoms with Crippen LogP contribution in [0.1, 0.15) is 18.9 Å². The lowest BCUT2D eigenvalue weighted by molar-refractivity contribution is -0.385. The molecule has 0 atom stereocenters. The minimum atomic E-state index is -0.368. The van der Waals surface area contributed by atoms with Crippen molar-refractivity contribution in [1.82, 2.24) is 15.5 Å². The SMILES string of the molecule is CCNC(=NCc1ccccc1[N+](=O)[O-])NCCCN1CCOCC1. The fourth-order valence-corrected chi connectivity index (χ4v) is 2.66. The number of nitro benzene ring substituents is 1. The molecule has 8 heteroatoms. The van der Waals surface area contributed by atoms with Gasteiger partial charge in [-0.25, -0.2) is 4.99 Å². The van der Waals surface area contributed by atoms with Gasteiger partial charge in [-0.15, -0.1) is 0 Å². The van der Waals surface area contributed by atoms with Gasteiger partial charge in [0.25, 0.3) is 5.69 Å². The number of guanidine groups is 1. The fraction of sp³-hybridized carbons (Fsp3) is 0.588. The van der Waals surface area contributed by atoms with Crippen LogP contribution in [0, 0.1) is 10.1 Å². The summed E-state index contributed by atoms with van der Waals surface area (Å²) in [6.45, 7) is 8.45. The third-order valence-corrected chi connectivity index (χ3v) is 3.99. The number of hydrogen-bond acceptors (Lipinski definition) is 5. The summed E-state index contributed by atoms with van der Waals surface area (Å²) in [6.07, 6.45) is 1.01. The van der Waals surface area contributed by atoms with E-state index >= 15 is 0 Å². The molecule has 1 fully saturated rings. The Bertz CT molecular complexity index is 573. The lowest BCUT2D eigenvalue weighted by atomic mass is 10.2. The van der Waals surface area contributed by atoms with Crippen molar-refractivity contribution in [2.45, 2.75) is 19.9 Å². The van der Waals surface area contributed by atoms with Gasteiger partial charge in [0.1, 0.15) is 0 Å². The maximum atomic E-state index is 11.1. The molecule has 1 saturated heterocycles. The van der Waals surface area contributed by atoms with Crippen molar-refractivity contribution in [3.63, 3.8) is 0 Å². The summed E-state index contributed by atoms with van der Waals surface area (Å²) in [6, 6.07) is 6.71. The minimum absolute atomic E-state index is 0.106. The van der Waals surface area contributed by atoms with Gasteiger partial charge < -0.3 is 15.4 Å². The zero-order chi connectivity index (χ0) is 17.9. The first-order chi connectivity index (χ1) is 12.2. The number of para-hydroxylation sites is 1. The average Bonchev–Trinajstić information content (AvgIpc) is 2.64. The van der Waals surface area contributed by atoms with Crippen molar-refractivity contribution in [1.29, 1.82) is 0 Å². The normalized spacial score (nSPS) is 15.8. The molecule has 2 N–H and O–H groups in total. The molecule has 2 rings (SSSR count). The highest BCUT2D eigenvalue weighted by atomic mass is 16.6. The third kappa shape index (κ3) is 6.67. The van der Waals surface area contributed by atoms with Gasteiger partial charge in [-0.1, -0.05) is 18.2 Å². The largest absolute Gasteiger partial charge is 0.379 e. The summed E-state index contributed by atoms with van der Waals surface area (Å²) in [5.41, 5.74) is 0.715. The van der Waals surface area contributed by atoms with Gasteiger partial charge in [0.15, 0.2) is 5.96 Å². The Kier molecular flexibility index (Phi) is 8.14. The van der Waals surface area contributed by atoms with Gasteiger partial charge in [0.05, 0.1) is 30.2 Å². The van der Waals surface area contributed by atoms with Crippen molar-refractivity contribution < 1.29 is 9.66 Å². The molecule has 0 radical (unpaired) electrons. The minimum Gasteiger partial charge on any atom is -0.379 e. The van der Waals surface area contributed by atoms with Crippen LogP contribution in [0.25, 0.3) is 0 Å². The number of ether oxygens (including phenoxy) is 1. The van der Waals surface area contributed by atoms with E-state index in [1.54, 1.807) is 18.2 Å². The Labute approximate surface area is 148 Å². The lowest BCUT2D eigenvalue weighted by Crippen LogP contribution is -2.40. The second kappa shape index (κ2) is 10.6. The van der Waals surface area contributed by atoms with Gasteiger partial charge in [-0.3, -0.25) is 15.0 Å². The Morgan fingerprint density at radius 3 is 2.80 bits per heavy atom. The summed E-state index contributed by atoms with van der Waals surface area (Å²) in [4.78, 5) is 17.6. The van der Waals surface area contributed by atoms with Crippen LogP contribution in [-0.2, 0) is 11.3 Å². The van der Waals surface area contributed by atoms with Gasteiger partial charge >= 0.3 is 0 Å². The van der Waals surface area contributed by atoms with Crippen LogP contribution in [-0.4, -0.2) is 61.7 Å². The van der Waals surface area contributed by atoms with E-state index in [1.165, 1.54) is 6.07 Å². The van der Waals surface area contributed by atoms with Crippen LogP contribution >= 0.6 is 0 Å².